The molecule has 3 N–H and O–H groups in total. The molecule has 0 unspecified atom stereocenters. The van der Waals surface area contributed by atoms with Crippen LogP contribution in [0.3, 0.4) is 0 Å². The van der Waals surface area contributed by atoms with Crippen LogP contribution in [0, 0.1) is 6.92 Å². The van der Waals surface area contributed by atoms with E-state index in [0.717, 1.165) is 34.8 Å². The lowest BCUT2D eigenvalue weighted by Gasteiger charge is -2.13. The monoisotopic (exact) mass is 435 g/mol. The van der Waals surface area contributed by atoms with Crippen molar-refractivity contribution in [1.29, 1.82) is 0 Å². The Bertz CT molecular complexity index is 555. The normalized spacial score (nSPS) is 13.9. The lowest BCUT2D eigenvalue weighted by Crippen LogP contribution is -2.27. The zero-order valence-electron chi connectivity index (χ0n) is 14.1. The molecule has 1 aliphatic carbocycles. The van der Waals surface area contributed by atoms with Crippen LogP contribution in [0.4, 0.5) is 0 Å². The summed E-state index contributed by atoms with van der Waals surface area (Å²) < 4.78 is 6.70. The quantitative estimate of drug-likeness (QED) is 0.463. The molecule has 0 bridgehead atoms. The van der Waals surface area contributed by atoms with Crippen LogP contribution in [0.15, 0.2) is 16.6 Å². The van der Waals surface area contributed by atoms with E-state index in [0.29, 0.717) is 11.6 Å². The van der Waals surface area contributed by atoms with Crippen molar-refractivity contribution in [2.75, 3.05) is 13.2 Å². The van der Waals surface area contributed by atoms with Gasteiger partial charge in [-0.05, 0) is 66.4 Å². The molecule has 0 aliphatic heterocycles. The maximum atomic E-state index is 9.10. The van der Waals surface area contributed by atoms with Gasteiger partial charge >= 0.3 is 11.9 Å². The van der Waals surface area contributed by atoms with Gasteiger partial charge in [-0.15, -0.1) is 0 Å². The lowest BCUT2D eigenvalue weighted by molar-refractivity contribution is -0.159. The number of carboxylic acid groups (broad SMARTS) is 2. The van der Waals surface area contributed by atoms with Crippen LogP contribution in [0.1, 0.15) is 37.7 Å². The van der Waals surface area contributed by atoms with Crippen LogP contribution in [0.5, 0.6) is 5.75 Å². The van der Waals surface area contributed by atoms with Gasteiger partial charge < -0.3 is 20.3 Å². The first kappa shape index (κ1) is 21.7. The molecule has 1 fully saturated rings. The van der Waals surface area contributed by atoms with Crippen molar-refractivity contribution in [1.82, 2.24) is 5.32 Å². The summed E-state index contributed by atoms with van der Waals surface area (Å²) in [5.41, 5.74) is 1.13. The Morgan fingerprint density at radius 3 is 2.40 bits per heavy atom. The molecular weight excluding hydrogens is 414 g/mol. The fourth-order valence-corrected chi connectivity index (χ4v) is 3.64. The Morgan fingerprint density at radius 2 is 1.88 bits per heavy atom. The highest BCUT2D eigenvalue weighted by Crippen LogP contribution is 2.34. The van der Waals surface area contributed by atoms with E-state index in [2.05, 4.69) is 21.2 Å². The number of ether oxygens (including phenoxy) is 1. The van der Waals surface area contributed by atoms with E-state index in [9.17, 15) is 0 Å². The summed E-state index contributed by atoms with van der Waals surface area (Å²) in [6, 6.07) is 4.69. The molecular formula is C17H23BrClNO5. The summed E-state index contributed by atoms with van der Waals surface area (Å²) in [5, 5.41) is 19.0. The fourth-order valence-electron chi connectivity index (χ4n) is 2.51. The molecule has 1 aliphatic rings. The zero-order valence-corrected chi connectivity index (χ0v) is 16.4. The van der Waals surface area contributed by atoms with Crippen LogP contribution >= 0.6 is 27.5 Å². The van der Waals surface area contributed by atoms with Crippen molar-refractivity contribution in [2.45, 2.75) is 45.1 Å². The predicted octanol–water partition coefficient (Wildman–Crippen LogP) is 3.87. The first-order valence-corrected chi connectivity index (χ1v) is 9.26. The molecule has 8 heteroatoms. The first-order valence-electron chi connectivity index (χ1n) is 8.09. The van der Waals surface area contributed by atoms with Gasteiger partial charge in [0.1, 0.15) is 0 Å². The zero-order chi connectivity index (χ0) is 18.8. The number of rotatable bonds is 6. The van der Waals surface area contributed by atoms with Crippen molar-refractivity contribution in [3.05, 3.63) is 27.2 Å². The van der Waals surface area contributed by atoms with Gasteiger partial charge in [-0.25, -0.2) is 9.59 Å². The van der Waals surface area contributed by atoms with Gasteiger partial charge in [0.2, 0.25) is 0 Å². The number of carboxylic acids is 2. The number of carbonyl (C=O) groups is 2. The van der Waals surface area contributed by atoms with E-state index in [1.54, 1.807) is 0 Å². The average Bonchev–Trinajstić information content (AvgIpc) is 3.03. The number of nitrogens with one attached hydrogen (secondary N) is 1. The van der Waals surface area contributed by atoms with Gasteiger partial charge in [-0.1, -0.05) is 24.4 Å². The van der Waals surface area contributed by atoms with Gasteiger partial charge in [0.15, 0.2) is 5.75 Å². The molecule has 0 aromatic heterocycles. The summed E-state index contributed by atoms with van der Waals surface area (Å²) in [5.74, 6) is -2.89. The molecule has 0 amide bonds. The fraction of sp³-hybridized carbons (Fsp3) is 0.529. The first-order chi connectivity index (χ1) is 11.8. The summed E-state index contributed by atoms with van der Waals surface area (Å²) >= 11 is 9.68. The second-order valence-electron chi connectivity index (χ2n) is 5.81. The molecule has 0 radical (unpaired) electrons. The third-order valence-electron chi connectivity index (χ3n) is 3.68. The molecule has 6 nitrogen and oxygen atoms in total. The van der Waals surface area contributed by atoms with Gasteiger partial charge in [0.05, 0.1) is 16.1 Å². The molecule has 0 heterocycles. The number of hydrogen-bond donors (Lipinski definition) is 3. The van der Waals surface area contributed by atoms with Crippen LogP contribution in [-0.4, -0.2) is 41.3 Å². The second kappa shape index (κ2) is 11.3. The largest absolute Gasteiger partial charge is 0.491 e. The number of benzene rings is 1. The summed E-state index contributed by atoms with van der Waals surface area (Å²) in [6.07, 6.45) is 6.42. The molecule has 2 rings (SSSR count). The van der Waals surface area contributed by atoms with E-state index in [1.165, 1.54) is 25.7 Å². The smallest absolute Gasteiger partial charge is 0.414 e. The highest BCUT2D eigenvalue weighted by atomic mass is 79.9. The molecule has 0 spiro atoms. The van der Waals surface area contributed by atoms with E-state index in [1.807, 2.05) is 19.1 Å². The molecule has 0 atom stereocenters. The highest BCUT2D eigenvalue weighted by molar-refractivity contribution is 9.10. The minimum atomic E-state index is -1.82. The third kappa shape index (κ3) is 8.56. The second-order valence-corrected chi connectivity index (χ2v) is 7.07. The van der Waals surface area contributed by atoms with Crippen molar-refractivity contribution in [2.24, 2.45) is 0 Å². The summed E-state index contributed by atoms with van der Waals surface area (Å²) in [6.45, 7) is 3.73. The van der Waals surface area contributed by atoms with Crippen molar-refractivity contribution >= 4 is 39.5 Å². The minimum absolute atomic E-state index is 0.677. The Kier molecular flexibility index (Phi) is 9.85. The van der Waals surface area contributed by atoms with Crippen molar-refractivity contribution in [3.63, 3.8) is 0 Å². The number of halogens is 2. The summed E-state index contributed by atoms with van der Waals surface area (Å²) in [7, 11) is 0. The molecule has 140 valence electrons. The molecule has 1 aromatic rings. The van der Waals surface area contributed by atoms with Gasteiger partial charge in [0, 0.05) is 6.04 Å². The SMILES string of the molecule is Cc1cc(Cl)c(OCCCNC2CCCC2)c(Br)c1.O=C(O)C(=O)O. The van der Waals surface area contributed by atoms with Crippen LogP contribution in [0.25, 0.3) is 0 Å². The van der Waals surface area contributed by atoms with E-state index >= 15 is 0 Å². The molecule has 0 saturated heterocycles. The van der Waals surface area contributed by atoms with E-state index in [4.69, 9.17) is 36.1 Å². The standard InChI is InChI=1S/C15H21BrClNO.C2H2O4/c1-11-9-13(16)15(14(17)10-11)19-8-4-7-18-12-5-2-3-6-12;3-1(4)2(5)6/h9-10,12,18H,2-8H2,1H3;(H,3,4)(H,5,6). The van der Waals surface area contributed by atoms with Crippen LogP contribution in [-0.2, 0) is 9.59 Å². The number of aliphatic carboxylic acids is 2. The van der Waals surface area contributed by atoms with Crippen molar-refractivity contribution in [3.8, 4) is 5.75 Å². The predicted molar refractivity (Wildman–Crippen MR) is 99.5 cm³/mol. The van der Waals surface area contributed by atoms with Gasteiger partial charge in [-0.3, -0.25) is 0 Å². The Balaban J connectivity index is 0.000000450. The van der Waals surface area contributed by atoms with E-state index in [-0.39, 0.29) is 0 Å². The highest BCUT2D eigenvalue weighted by Gasteiger charge is 2.13. The van der Waals surface area contributed by atoms with Crippen molar-refractivity contribution < 1.29 is 24.5 Å². The van der Waals surface area contributed by atoms with Crippen LogP contribution < -0.4 is 10.1 Å². The molecule has 1 saturated carbocycles. The van der Waals surface area contributed by atoms with Gasteiger partial charge in [0.25, 0.3) is 0 Å². The number of hydrogen-bond acceptors (Lipinski definition) is 4. The lowest BCUT2D eigenvalue weighted by atomic mass is 10.2. The average molecular weight is 437 g/mol. The molecule has 25 heavy (non-hydrogen) atoms. The Labute approximate surface area is 160 Å². The Morgan fingerprint density at radius 1 is 1.28 bits per heavy atom. The van der Waals surface area contributed by atoms with Gasteiger partial charge in [-0.2, -0.15) is 0 Å². The topological polar surface area (TPSA) is 95.9 Å². The maximum absolute atomic E-state index is 9.10. The third-order valence-corrected chi connectivity index (χ3v) is 4.55. The van der Waals surface area contributed by atoms with E-state index < -0.39 is 11.9 Å². The molecule has 1 aromatic carbocycles. The minimum Gasteiger partial charge on any atom is -0.491 e. The summed E-state index contributed by atoms with van der Waals surface area (Å²) in [4.78, 5) is 18.2. The number of aryl methyl sites for hydroxylation is 1. The Hall–Kier alpha value is -1.31. The van der Waals surface area contributed by atoms with Crippen LogP contribution in [0.2, 0.25) is 5.02 Å². The maximum Gasteiger partial charge on any atom is 0.414 e.